The predicted octanol–water partition coefficient (Wildman–Crippen LogP) is 1.39. The summed E-state index contributed by atoms with van der Waals surface area (Å²) < 4.78 is 0.129. The first-order valence-corrected chi connectivity index (χ1v) is 6.84. The second kappa shape index (κ2) is 5.75. The average Bonchev–Trinajstić information content (AvgIpc) is 2.27. The third-order valence-electron chi connectivity index (χ3n) is 2.87. The van der Waals surface area contributed by atoms with Crippen LogP contribution in [0.15, 0.2) is 0 Å². The number of amides is 1. The molecule has 4 heteroatoms. The van der Waals surface area contributed by atoms with Gasteiger partial charge in [-0.2, -0.15) is 11.8 Å². The van der Waals surface area contributed by atoms with E-state index in [1.165, 1.54) is 6.42 Å². The summed E-state index contributed by atoms with van der Waals surface area (Å²) in [5.74, 6) is 0.164. The first-order chi connectivity index (χ1) is 7.05. The molecule has 3 nitrogen and oxygen atoms in total. The molecule has 1 atom stereocenters. The van der Waals surface area contributed by atoms with E-state index in [-0.39, 0.29) is 16.7 Å². The lowest BCUT2D eigenvalue weighted by Gasteiger charge is -2.26. The van der Waals surface area contributed by atoms with Crippen LogP contribution in [0.4, 0.5) is 0 Å². The van der Waals surface area contributed by atoms with E-state index >= 15 is 0 Å². The van der Waals surface area contributed by atoms with Gasteiger partial charge in [-0.05, 0) is 39.5 Å². The summed E-state index contributed by atoms with van der Waals surface area (Å²) in [5, 5.41) is 6.28. The summed E-state index contributed by atoms with van der Waals surface area (Å²) in [6, 6.07) is 0.0383. The maximum absolute atomic E-state index is 11.8. The summed E-state index contributed by atoms with van der Waals surface area (Å²) in [4.78, 5) is 11.8. The first-order valence-electron chi connectivity index (χ1n) is 5.61. The van der Waals surface area contributed by atoms with Gasteiger partial charge in [0.15, 0.2) is 0 Å². The Kier molecular flexibility index (Phi) is 4.93. The fourth-order valence-corrected chi connectivity index (χ4v) is 1.79. The SMILES string of the molecule is CSC(C)(C)CNC(=O)[C@@H]1CCCCN1. The van der Waals surface area contributed by atoms with Crippen molar-refractivity contribution in [3.05, 3.63) is 0 Å². The summed E-state index contributed by atoms with van der Waals surface area (Å²) in [7, 11) is 0. The van der Waals surface area contributed by atoms with Gasteiger partial charge in [0.25, 0.3) is 0 Å². The zero-order valence-electron chi connectivity index (χ0n) is 9.93. The molecule has 0 aromatic heterocycles. The van der Waals surface area contributed by atoms with E-state index in [4.69, 9.17) is 0 Å². The number of carbonyl (C=O) groups is 1. The lowest BCUT2D eigenvalue weighted by atomic mass is 10.0. The number of thioether (sulfide) groups is 1. The second-order valence-electron chi connectivity index (χ2n) is 4.68. The van der Waals surface area contributed by atoms with E-state index in [0.717, 1.165) is 25.9 Å². The van der Waals surface area contributed by atoms with Crippen LogP contribution in [-0.2, 0) is 4.79 Å². The Bertz CT molecular complexity index is 213. The van der Waals surface area contributed by atoms with Crippen molar-refractivity contribution in [2.45, 2.75) is 43.9 Å². The minimum Gasteiger partial charge on any atom is -0.353 e. The highest BCUT2D eigenvalue weighted by molar-refractivity contribution is 7.99. The van der Waals surface area contributed by atoms with Crippen molar-refractivity contribution in [3.63, 3.8) is 0 Å². The normalized spacial score (nSPS) is 22.5. The van der Waals surface area contributed by atoms with Gasteiger partial charge in [0.05, 0.1) is 6.04 Å². The predicted molar refractivity (Wildman–Crippen MR) is 66.2 cm³/mol. The van der Waals surface area contributed by atoms with Gasteiger partial charge in [0, 0.05) is 11.3 Å². The number of piperidine rings is 1. The minimum atomic E-state index is 0.0383. The summed E-state index contributed by atoms with van der Waals surface area (Å²) >= 11 is 1.78. The third kappa shape index (κ3) is 4.43. The maximum atomic E-state index is 11.8. The van der Waals surface area contributed by atoms with Crippen LogP contribution in [0.25, 0.3) is 0 Å². The van der Waals surface area contributed by atoms with Gasteiger partial charge >= 0.3 is 0 Å². The molecule has 0 aromatic rings. The molecule has 0 aromatic carbocycles. The zero-order valence-corrected chi connectivity index (χ0v) is 10.7. The molecular formula is C11H22N2OS. The minimum absolute atomic E-state index is 0.0383. The van der Waals surface area contributed by atoms with Crippen molar-refractivity contribution < 1.29 is 4.79 Å². The Morgan fingerprint density at radius 3 is 2.80 bits per heavy atom. The molecular weight excluding hydrogens is 208 g/mol. The van der Waals surface area contributed by atoms with Crippen LogP contribution in [0, 0.1) is 0 Å². The van der Waals surface area contributed by atoms with Gasteiger partial charge in [0.1, 0.15) is 0 Å². The summed E-state index contributed by atoms with van der Waals surface area (Å²) in [6.45, 7) is 6.01. The number of nitrogens with one attached hydrogen (secondary N) is 2. The average molecular weight is 230 g/mol. The fraction of sp³-hybridized carbons (Fsp3) is 0.909. The second-order valence-corrected chi connectivity index (χ2v) is 6.20. The largest absolute Gasteiger partial charge is 0.353 e. The molecule has 0 spiro atoms. The Hall–Kier alpha value is -0.220. The van der Waals surface area contributed by atoms with Crippen molar-refractivity contribution >= 4 is 17.7 Å². The van der Waals surface area contributed by atoms with Crippen LogP contribution >= 0.6 is 11.8 Å². The van der Waals surface area contributed by atoms with E-state index in [2.05, 4.69) is 30.7 Å². The molecule has 1 aliphatic rings. The van der Waals surface area contributed by atoms with Crippen LogP contribution in [0.3, 0.4) is 0 Å². The molecule has 1 amide bonds. The summed E-state index contributed by atoms with van der Waals surface area (Å²) in [6.07, 6.45) is 5.41. The topological polar surface area (TPSA) is 41.1 Å². The van der Waals surface area contributed by atoms with Crippen molar-refractivity contribution in [3.8, 4) is 0 Å². The van der Waals surface area contributed by atoms with Crippen LogP contribution in [-0.4, -0.2) is 36.0 Å². The molecule has 1 fully saturated rings. The highest BCUT2D eigenvalue weighted by Crippen LogP contribution is 2.19. The molecule has 15 heavy (non-hydrogen) atoms. The highest BCUT2D eigenvalue weighted by Gasteiger charge is 2.23. The molecule has 1 saturated heterocycles. The number of hydrogen-bond acceptors (Lipinski definition) is 3. The standard InChI is InChI=1S/C11H22N2OS/c1-11(2,15-3)8-13-10(14)9-6-4-5-7-12-9/h9,12H,4-8H2,1-3H3,(H,13,14)/t9-/m0/s1. The van der Waals surface area contributed by atoms with E-state index in [1.807, 2.05) is 0 Å². The van der Waals surface area contributed by atoms with Gasteiger partial charge in [-0.25, -0.2) is 0 Å². The first kappa shape index (κ1) is 12.8. The highest BCUT2D eigenvalue weighted by atomic mass is 32.2. The van der Waals surface area contributed by atoms with Gasteiger partial charge < -0.3 is 10.6 Å². The monoisotopic (exact) mass is 230 g/mol. The molecule has 1 aliphatic heterocycles. The zero-order chi connectivity index (χ0) is 11.3. The van der Waals surface area contributed by atoms with Gasteiger partial charge in [-0.1, -0.05) is 6.42 Å². The molecule has 0 unspecified atom stereocenters. The lowest BCUT2D eigenvalue weighted by Crippen LogP contribution is -2.49. The molecule has 1 heterocycles. The molecule has 2 N–H and O–H groups in total. The molecule has 0 radical (unpaired) electrons. The smallest absolute Gasteiger partial charge is 0.237 e. The van der Waals surface area contributed by atoms with Crippen molar-refractivity contribution in [1.82, 2.24) is 10.6 Å². The van der Waals surface area contributed by atoms with Crippen LogP contribution < -0.4 is 10.6 Å². The van der Waals surface area contributed by atoms with Crippen molar-refractivity contribution in [2.24, 2.45) is 0 Å². The molecule has 0 bridgehead atoms. The van der Waals surface area contributed by atoms with Gasteiger partial charge in [0.2, 0.25) is 5.91 Å². The Balaban J connectivity index is 2.28. The third-order valence-corrected chi connectivity index (χ3v) is 4.12. The van der Waals surface area contributed by atoms with Crippen molar-refractivity contribution in [1.29, 1.82) is 0 Å². The quantitative estimate of drug-likeness (QED) is 0.767. The van der Waals surface area contributed by atoms with E-state index < -0.39 is 0 Å². The maximum Gasteiger partial charge on any atom is 0.237 e. The fourth-order valence-electron chi connectivity index (χ4n) is 1.57. The molecule has 0 saturated carbocycles. The number of carbonyl (C=O) groups excluding carboxylic acids is 1. The van der Waals surface area contributed by atoms with E-state index in [9.17, 15) is 4.79 Å². The number of hydrogen-bond donors (Lipinski definition) is 2. The van der Waals surface area contributed by atoms with E-state index in [0.29, 0.717) is 0 Å². The molecule has 1 rings (SSSR count). The van der Waals surface area contributed by atoms with Gasteiger partial charge in [-0.15, -0.1) is 0 Å². The Morgan fingerprint density at radius 2 is 2.27 bits per heavy atom. The van der Waals surface area contributed by atoms with Crippen LogP contribution in [0.5, 0.6) is 0 Å². The van der Waals surface area contributed by atoms with Crippen LogP contribution in [0.1, 0.15) is 33.1 Å². The number of rotatable bonds is 4. The van der Waals surface area contributed by atoms with Crippen LogP contribution in [0.2, 0.25) is 0 Å². The lowest BCUT2D eigenvalue weighted by molar-refractivity contribution is -0.123. The van der Waals surface area contributed by atoms with Crippen molar-refractivity contribution in [2.75, 3.05) is 19.3 Å². The Morgan fingerprint density at radius 1 is 1.53 bits per heavy atom. The molecule has 88 valence electrons. The molecule has 0 aliphatic carbocycles. The van der Waals surface area contributed by atoms with E-state index in [1.54, 1.807) is 11.8 Å². The Labute approximate surface area is 96.8 Å². The van der Waals surface area contributed by atoms with Gasteiger partial charge in [-0.3, -0.25) is 4.79 Å². The summed E-state index contributed by atoms with van der Waals surface area (Å²) in [5.41, 5.74) is 0.